The second-order valence-electron chi connectivity index (χ2n) is 2.71. The molecule has 0 aromatic heterocycles. The molecule has 1 aromatic rings. The number of nitrogens with two attached hydrogens (primary N) is 1. The van der Waals surface area contributed by atoms with Gasteiger partial charge in [-0.05, 0) is 30.4 Å². The topological polar surface area (TPSA) is 81.5 Å². The summed E-state index contributed by atoms with van der Waals surface area (Å²) in [5.74, 6) is 0.498. The molecule has 0 saturated heterocycles. The van der Waals surface area contributed by atoms with Crippen molar-refractivity contribution in [2.75, 3.05) is 7.11 Å². The van der Waals surface area contributed by atoms with E-state index in [0.29, 0.717) is 5.75 Å². The number of hydrazine groups is 1. The van der Waals surface area contributed by atoms with Crippen LogP contribution >= 0.6 is 12.2 Å². The summed E-state index contributed by atoms with van der Waals surface area (Å²) < 4.78 is 4.94. The summed E-state index contributed by atoms with van der Waals surface area (Å²) in [6.45, 7) is 0. The standard InChI is InChI=1S/C9H11N3O2S/c1-14-8-4-6(2-3-7(8)13)5-11-12-9(10)15/h2-5,13H,1H3,(H3,10,12,15)/p+1. The highest BCUT2D eigenvalue weighted by atomic mass is 32.1. The van der Waals surface area contributed by atoms with Gasteiger partial charge in [0.1, 0.15) is 0 Å². The van der Waals surface area contributed by atoms with Gasteiger partial charge in [0, 0.05) is 5.56 Å². The summed E-state index contributed by atoms with van der Waals surface area (Å²) in [4.78, 5) is 0. The Morgan fingerprint density at radius 3 is 3.00 bits per heavy atom. The summed E-state index contributed by atoms with van der Waals surface area (Å²) in [5, 5.41) is 12.2. The van der Waals surface area contributed by atoms with Crippen molar-refractivity contribution in [1.29, 1.82) is 0 Å². The molecule has 0 atom stereocenters. The average molecular weight is 226 g/mol. The molecule has 0 heterocycles. The fourth-order valence-electron chi connectivity index (χ4n) is 0.975. The van der Waals surface area contributed by atoms with E-state index in [1.807, 2.05) is 0 Å². The Bertz CT molecular complexity index is 393. The molecule has 0 radical (unpaired) electrons. The second kappa shape index (κ2) is 5.16. The quantitative estimate of drug-likeness (QED) is 0.291. The number of hydrogen-bond acceptors (Lipinski definition) is 3. The molecule has 0 unspecified atom stereocenters. The van der Waals surface area contributed by atoms with E-state index >= 15 is 0 Å². The predicted molar refractivity (Wildman–Crippen MR) is 60.7 cm³/mol. The number of benzene rings is 1. The van der Waals surface area contributed by atoms with E-state index < -0.39 is 0 Å². The first-order chi connectivity index (χ1) is 7.13. The van der Waals surface area contributed by atoms with Crippen LogP contribution in [0.1, 0.15) is 5.56 Å². The minimum atomic E-state index is 0.0944. The SMILES string of the molecule is COc1cc(C=[NH+]NC(N)=S)ccc1O. The van der Waals surface area contributed by atoms with Crippen LogP contribution in [0.2, 0.25) is 0 Å². The Hall–Kier alpha value is -1.82. The molecule has 0 aliphatic carbocycles. The van der Waals surface area contributed by atoms with E-state index in [1.165, 1.54) is 13.2 Å². The van der Waals surface area contributed by atoms with Crippen LogP contribution in [0.3, 0.4) is 0 Å². The molecule has 1 aromatic carbocycles. The third kappa shape index (κ3) is 3.43. The molecule has 80 valence electrons. The van der Waals surface area contributed by atoms with Crippen molar-refractivity contribution in [2.45, 2.75) is 0 Å². The zero-order valence-electron chi connectivity index (χ0n) is 8.15. The maximum Gasteiger partial charge on any atom is 0.221 e. The Balaban J connectivity index is 2.78. The van der Waals surface area contributed by atoms with Crippen LogP contribution in [0.25, 0.3) is 0 Å². The van der Waals surface area contributed by atoms with Crippen LogP contribution in [0.15, 0.2) is 18.2 Å². The maximum atomic E-state index is 9.33. The number of phenols is 1. The highest BCUT2D eigenvalue weighted by molar-refractivity contribution is 7.80. The molecule has 6 heteroatoms. The number of phenolic OH excluding ortho intramolecular Hbond substituents is 1. The molecule has 1 rings (SSSR count). The first-order valence-corrected chi connectivity index (χ1v) is 4.55. The van der Waals surface area contributed by atoms with Crippen LogP contribution < -0.4 is 21.0 Å². The Morgan fingerprint density at radius 2 is 2.40 bits per heavy atom. The van der Waals surface area contributed by atoms with Crippen LogP contribution in [0.4, 0.5) is 0 Å². The molecule has 0 aliphatic heterocycles. The van der Waals surface area contributed by atoms with E-state index in [2.05, 4.69) is 22.7 Å². The van der Waals surface area contributed by atoms with Crippen LogP contribution in [0, 0.1) is 0 Å². The van der Waals surface area contributed by atoms with Crippen LogP contribution in [-0.2, 0) is 0 Å². The summed E-state index contributed by atoms with van der Waals surface area (Å²) >= 11 is 4.60. The number of thiocarbonyl (C=S) groups is 1. The smallest absolute Gasteiger partial charge is 0.221 e. The maximum absolute atomic E-state index is 9.33. The molecule has 0 amide bonds. The zero-order chi connectivity index (χ0) is 11.3. The Labute approximate surface area is 92.5 Å². The molecule has 0 bridgehead atoms. The number of hydrazone groups is 1. The van der Waals surface area contributed by atoms with Crippen molar-refractivity contribution in [3.8, 4) is 11.5 Å². The van der Waals surface area contributed by atoms with Gasteiger partial charge in [-0.3, -0.25) is 0 Å². The summed E-state index contributed by atoms with van der Waals surface area (Å²) in [5.41, 5.74) is 8.57. The van der Waals surface area contributed by atoms with Crippen molar-refractivity contribution in [2.24, 2.45) is 5.73 Å². The van der Waals surface area contributed by atoms with E-state index in [0.717, 1.165) is 5.56 Å². The first-order valence-electron chi connectivity index (χ1n) is 4.14. The third-order valence-corrected chi connectivity index (χ3v) is 1.74. The zero-order valence-corrected chi connectivity index (χ0v) is 8.97. The Morgan fingerprint density at radius 1 is 1.67 bits per heavy atom. The number of rotatable bonds is 3. The number of ether oxygens (including phenoxy) is 1. The van der Waals surface area contributed by atoms with E-state index in [4.69, 9.17) is 10.5 Å². The van der Waals surface area contributed by atoms with E-state index in [-0.39, 0.29) is 10.9 Å². The van der Waals surface area contributed by atoms with Gasteiger partial charge in [0.25, 0.3) is 0 Å². The lowest BCUT2D eigenvalue weighted by molar-refractivity contribution is -0.499. The lowest BCUT2D eigenvalue weighted by Gasteiger charge is -2.01. The molecule has 5 nitrogen and oxygen atoms in total. The van der Waals surface area contributed by atoms with Crippen molar-refractivity contribution >= 4 is 23.5 Å². The summed E-state index contributed by atoms with van der Waals surface area (Å²) in [6, 6.07) is 4.92. The average Bonchev–Trinajstić information content (AvgIpc) is 2.20. The number of methoxy groups -OCH3 is 1. The third-order valence-electron chi connectivity index (χ3n) is 1.64. The van der Waals surface area contributed by atoms with Gasteiger partial charge in [0.05, 0.1) is 7.11 Å². The fraction of sp³-hybridized carbons (Fsp3) is 0.111. The minimum Gasteiger partial charge on any atom is -0.504 e. The molecule has 0 aliphatic rings. The molecular weight excluding hydrogens is 214 g/mol. The monoisotopic (exact) mass is 226 g/mol. The largest absolute Gasteiger partial charge is 0.504 e. The molecule has 5 N–H and O–H groups in total. The highest BCUT2D eigenvalue weighted by Crippen LogP contribution is 2.25. The van der Waals surface area contributed by atoms with Crippen molar-refractivity contribution in [3.05, 3.63) is 23.8 Å². The highest BCUT2D eigenvalue weighted by Gasteiger charge is 2.02. The first kappa shape index (κ1) is 11.3. The van der Waals surface area contributed by atoms with Gasteiger partial charge in [-0.1, -0.05) is 0 Å². The van der Waals surface area contributed by atoms with Gasteiger partial charge in [0.15, 0.2) is 17.7 Å². The lowest BCUT2D eigenvalue weighted by atomic mass is 10.2. The lowest BCUT2D eigenvalue weighted by Crippen LogP contribution is -2.82. The second-order valence-corrected chi connectivity index (χ2v) is 3.15. The van der Waals surface area contributed by atoms with E-state index in [1.54, 1.807) is 18.3 Å². The Kier molecular flexibility index (Phi) is 3.87. The van der Waals surface area contributed by atoms with Crippen molar-refractivity contribution < 1.29 is 14.9 Å². The van der Waals surface area contributed by atoms with Crippen molar-refractivity contribution in [3.63, 3.8) is 0 Å². The molecular formula is C9H12N3O2S+. The number of nitrogens with one attached hydrogen (secondary N) is 2. The molecule has 0 spiro atoms. The number of aromatic hydroxyl groups is 1. The molecule has 15 heavy (non-hydrogen) atoms. The van der Waals surface area contributed by atoms with Gasteiger partial charge in [-0.15, -0.1) is 10.5 Å². The van der Waals surface area contributed by atoms with Gasteiger partial charge in [0.2, 0.25) is 5.11 Å². The number of hydrogen-bond donors (Lipinski definition) is 4. The van der Waals surface area contributed by atoms with Gasteiger partial charge in [-0.25, -0.2) is 0 Å². The minimum absolute atomic E-state index is 0.0944. The van der Waals surface area contributed by atoms with Crippen molar-refractivity contribution in [1.82, 2.24) is 5.43 Å². The van der Waals surface area contributed by atoms with Crippen LogP contribution in [0.5, 0.6) is 11.5 Å². The predicted octanol–water partition coefficient (Wildman–Crippen LogP) is -1.35. The summed E-state index contributed by atoms with van der Waals surface area (Å²) in [7, 11) is 1.49. The molecule has 0 fully saturated rings. The van der Waals surface area contributed by atoms with E-state index in [9.17, 15) is 5.11 Å². The van der Waals surface area contributed by atoms with Gasteiger partial charge in [-0.2, -0.15) is 0 Å². The summed E-state index contributed by atoms with van der Waals surface area (Å²) in [6.07, 6.45) is 1.64. The van der Waals surface area contributed by atoms with Gasteiger partial charge >= 0.3 is 0 Å². The fourth-order valence-corrected chi connectivity index (χ4v) is 1.03. The van der Waals surface area contributed by atoms with Gasteiger partial charge < -0.3 is 15.6 Å². The normalized spacial score (nSPS) is 10.2. The van der Waals surface area contributed by atoms with Crippen LogP contribution in [-0.4, -0.2) is 23.5 Å². The molecule has 0 saturated carbocycles.